The summed E-state index contributed by atoms with van der Waals surface area (Å²) in [7, 11) is 0. The second kappa shape index (κ2) is 10.3. The minimum Gasteiger partial charge on any atom is -0.396 e. The molecule has 0 saturated carbocycles. The molecule has 0 spiro atoms. The monoisotopic (exact) mass is 419 g/mol. The third-order valence-corrected chi connectivity index (χ3v) is 6.58. The van der Waals surface area contributed by atoms with E-state index in [1.165, 1.54) is 35.1 Å². The zero-order chi connectivity index (χ0) is 20.8. The molecule has 0 bridgehead atoms. The van der Waals surface area contributed by atoms with Crippen LogP contribution in [0.1, 0.15) is 53.5 Å². The van der Waals surface area contributed by atoms with Crippen LogP contribution in [0.5, 0.6) is 0 Å². The van der Waals surface area contributed by atoms with Crippen LogP contribution in [0.3, 0.4) is 0 Å². The van der Waals surface area contributed by atoms with Crippen molar-refractivity contribution in [3.05, 3.63) is 106 Å². The molecule has 0 aromatic heterocycles. The average Bonchev–Trinajstić information content (AvgIpc) is 2.80. The van der Waals surface area contributed by atoms with Crippen molar-refractivity contribution in [2.75, 3.05) is 19.7 Å². The summed E-state index contributed by atoms with van der Waals surface area (Å²) >= 11 is 5.99. The van der Waals surface area contributed by atoms with Gasteiger partial charge in [0.1, 0.15) is 0 Å². The lowest BCUT2D eigenvalue weighted by Crippen LogP contribution is -2.36. The van der Waals surface area contributed by atoms with Crippen molar-refractivity contribution < 1.29 is 5.11 Å². The van der Waals surface area contributed by atoms with Crippen LogP contribution in [-0.2, 0) is 6.42 Å². The van der Waals surface area contributed by atoms with Crippen LogP contribution in [0, 0.1) is 0 Å². The third kappa shape index (κ3) is 5.31. The molecule has 3 heteroatoms. The predicted octanol–water partition coefficient (Wildman–Crippen LogP) is 6.23. The fraction of sp³-hybridized carbons (Fsp3) is 0.333. The molecule has 1 aliphatic rings. The SMILES string of the molecule is OCCC(c1ccc(Cc2ccc(Cl)cc2)cc1)N1CCC(c2ccccc2)CC1. The number of halogens is 1. The molecule has 1 unspecified atom stereocenters. The Hall–Kier alpha value is -2.13. The van der Waals surface area contributed by atoms with Gasteiger partial charge < -0.3 is 5.11 Å². The van der Waals surface area contributed by atoms with Crippen molar-refractivity contribution >= 4 is 11.6 Å². The number of likely N-dealkylation sites (tertiary alicyclic amines) is 1. The summed E-state index contributed by atoms with van der Waals surface area (Å²) in [6.45, 7) is 2.38. The molecule has 1 saturated heterocycles. The molecular weight excluding hydrogens is 390 g/mol. The fourth-order valence-corrected chi connectivity index (χ4v) is 4.77. The van der Waals surface area contributed by atoms with E-state index in [4.69, 9.17) is 11.6 Å². The Morgan fingerprint density at radius 1 is 0.833 bits per heavy atom. The van der Waals surface area contributed by atoms with Gasteiger partial charge in [0.15, 0.2) is 0 Å². The Morgan fingerprint density at radius 2 is 1.43 bits per heavy atom. The molecule has 3 aromatic rings. The molecule has 4 rings (SSSR count). The molecule has 2 nitrogen and oxygen atoms in total. The van der Waals surface area contributed by atoms with Crippen LogP contribution in [0.25, 0.3) is 0 Å². The van der Waals surface area contributed by atoms with Crippen LogP contribution in [0.4, 0.5) is 0 Å². The molecule has 1 atom stereocenters. The lowest BCUT2D eigenvalue weighted by molar-refractivity contribution is 0.125. The summed E-state index contributed by atoms with van der Waals surface area (Å²) in [6, 6.07) is 28.2. The van der Waals surface area contributed by atoms with Crippen molar-refractivity contribution in [1.82, 2.24) is 4.90 Å². The summed E-state index contributed by atoms with van der Waals surface area (Å²) in [5.41, 5.74) is 5.33. The first-order valence-electron chi connectivity index (χ1n) is 11.0. The second-order valence-electron chi connectivity index (χ2n) is 8.29. The highest BCUT2D eigenvalue weighted by atomic mass is 35.5. The molecule has 3 aromatic carbocycles. The zero-order valence-corrected chi connectivity index (χ0v) is 18.1. The largest absolute Gasteiger partial charge is 0.396 e. The quantitative estimate of drug-likeness (QED) is 0.490. The molecule has 156 valence electrons. The summed E-state index contributed by atoms with van der Waals surface area (Å²) < 4.78 is 0. The molecule has 0 radical (unpaired) electrons. The van der Waals surface area contributed by atoms with Gasteiger partial charge in [-0.05, 0) is 79.1 Å². The van der Waals surface area contributed by atoms with Gasteiger partial charge in [0.2, 0.25) is 0 Å². The van der Waals surface area contributed by atoms with Crippen molar-refractivity contribution in [3.63, 3.8) is 0 Å². The van der Waals surface area contributed by atoms with Crippen LogP contribution in [0.2, 0.25) is 5.02 Å². The number of hydrogen-bond acceptors (Lipinski definition) is 2. The zero-order valence-electron chi connectivity index (χ0n) is 17.4. The highest BCUT2D eigenvalue weighted by molar-refractivity contribution is 6.30. The number of aliphatic hydroxyl groups excluding tert-OH is 1. The minimum atomic E-state index is 0.218. The molecule has 0 aliphatic carbocycles. The molecule has 0 amide bonds. The van der Waals surface area contributed by atoms with E-state index in [1.807, 2.05) is 12.1 Å². The number of rotatable bonds is 7. The van der Waals surface area contributed by atoms with Crippen LogP contribution >= 0.6 is 11.6 Å². The molecule has 1 fully saturated rings. The number of nitrogens with zero attached hydrogens (tertiary/aromatic N) is 1. The highest BCUT2D eigenvalue weighted by Crippen LogP contribution is 2.33. The Labute approximate surface area is 185 Å². The minimum absolute atomic E-state index is 0.218. The van der Waals surface area contributed by atoms with Crippen molar-refractivity contribution in [2.45, 2.75) is 37.6 Å². The van der Waals surface area contributed by atoms with Gasteiger partial charge in [-0.2, -0.15) is 0 Å². The fourth-order valence-electron chi connectivity index (χ4n) is 4.65. The van der Waals surface area contributed by atoms with Crippen molar-refractivity contribution in [3.8, 4) is 0 Å². The van der Waals surface area contributed by atoms with Crippen LogP contribution < -0.4 is 0 Å². The molecule has 30 heavy (non-hydrogen) atoms. The highest BCUT2D eigenvalue weighted by Gasteiger charge is 2.26. The van der Waals surface area contributed by atoms with E-state index < -0.39 is 0 Å². The Morgan fingerprint density at radius 3 is 2.03 bits per heavy atom. The average molecular weight is 420 g/mol. The molecular formula is C27H30ClNO. The topological polar surface area (TPSA) is 23.5 Å². The number of benzene rings is 3. The maximum absolute atomic E-state index is 9.69. The smallest absolute Gasteiger partial charge is 0.0449 e. The van der Waals surface area contributed by atoms with E-state index in [9.17, 15) is 5.11 Å². The first-order chi connectivity index (χ1) is 14.7. The van der Waals surface area contributed by atoms with Gasteiger partial charge in [-0.25, -0.2) is 0 Å². The Kier molecular flexibility index (Phi) is 7.22. The molecule has 1 N–H and O–H groups in total. The first kappa shape index (κ1) is 21.1. The maximum atomic E-state index is 9.69. The van der Waals surface area contributed by atoms with Crippen LogP contribution in [0.15, 0.2) is 78.9 Å². The first-order valence-corrected chi connectivity index (χ1v) is 11.3. The van der Waals surface area contributed by atoms with Crippen LogP contribution in [-0.4, -0.2) is 29.7 Å². The normalized spacial score (nSPS) is 16.5. The van der Waals surface area contributed by atoms with E-state index >= 15 is 0 Å². The van der Waals surface area contributed by atoms with Gasteiger partial charge in [-0.15, -0.1) is 0 Å². The number of piperidine rings is 1. The third-order valence-electron chi connectivity index (χ3n) is 6.33. The maximum Gasteiger partial charge on any atom is 0.0449 e. The Bertz CT molecular complexity index is 900. The standard InChI is InChI=1S/C27H30ClNO/c28-26-12-8-22(9-13-26)20-21-6-10-25(11-7-21)27(16-19-30)29-17-14-24(15-18-29)23-4-2-1-3-5-23/h1-13,24,27,30H,14-20H2. The second-order valence-corrected chi connectivity index (χ2v) is 8.73. The lowest BCUT2D eigenvalue weighted by atomic mass is 9.88. The van der Waals surface area contributed by atoms with Gasteiger partial charge in [-0.1, -0.05) is 78.3 Å². The van der Waals surface area contributed by atoms with E-state index in [0.29, 0.717) is 5.92 Å². The number of hydrogen-bond donors (Lipinski definition) is 1. The van der Waals surface area contributed by atoms with Gasteiger partial charge in [-0.3, -0.25) is 4.90 Å². The summed E-state index contributed by atoms with van der Waals surface area (Å²) in [5, 5.41) is 10.5. The number of aliphatic hydroxyl groups is 1. The lowest BCUT2D eigenvalue weighted by Gasteiger charge is -2.38. The summed E-state index contributed by atoms with van der Waals surface area (Å²) in [5.74, 6) is 0.652. The molecule has 1 aliphatic heterocycles. The van der Waals surface area contributed by atoms with E-state index in [0.717, 1.165) is 31.0 Å². The predicted molar refractivity (Wildman–Crippen MR) is 125 cm³/mol. The molecule has 1 heterocycles. The van der Waals surface area contributed by atoms with Crippen molar-refractivity contribution in [2.24, 2.45) is 0 Å². The van der Waals surface area contributed by atoms with E-state index in [2.05, 4.69) is 71.6 Å². The summed E-state index contributed by atoms with van der Waals surface area (Å²) in [4.78, 5) is 2.56. The van der Waals surface area contributed by atoms with Crippen molar-refractivity contribution in [1.29, 1.82) is 0 Å². The Balaban J connectivity index is 1.41. The van der Waals surface area contributed by atoms with Gasteiger partial charge >= 0.3 is 0 Å². The van der Waals surface area contributed by atoms with Gasteiger partial charge in [0.25, 0.3) is 0 Å². The van der Waals surface area contributed by atoms with Gasteiger partial charge in [0, 0.05) is 17.7 Å². The summed E-state index contributed by atoms with van der Waals surface area (Å²) in [6.07, 6.45) is 4.05. The van der Waals surface area contributed by atoms with Gasteiger partial charge in [0.05, 0.1) is 0 Å². The van der Waals surface area contributed by atoms with E-state index in [-0.39, 0.29) is 12.6 Å². The van der Waals surface area contributed by atoms with E-state index in [1.54, 1.807) is 0 Å².